The van der Waals surface area contributed by atoms with Crippen molar-refractivity contribution in [2.75, 3.05) is 5.75 Å². The minimum atomic E-state index is -2.06. The molecule has 1 aromatic rings. The Kier molecular flexibility index (Phi) is 3.52. The van der Waals surface area contributed by atoms with Gasteiger partial charge in [-0.15, -0.1) is 0 Å². The van der Waals surface area contributed by atoms with Gasteiger partial charge in [-0.3, -0.25) is 4.21 Å². The van der Waals surface area contributed by atoms with Gasteiger partial charge in [0.2, 0.25) is 0 Å². The third kappa shape index (κ3) is 3.33. The van der Waals surface area contributed by atoms with E-state index in [4.69, 9.17) is 0 Å². The summed E-state index contributed by atoms with van der Waals surface area (Å²) in [5, 5.41) is 0. The zero-order valence-corrected chi connectivity index (χ0v) is 7.14. The van der Waals surface area contributed by atoms with Crippen molar-refractivity contribution < 1.29 is 8.76 Å². The normalized spacial score (nSPS) is 11.4. The molecule has 0 spiro atoms. The summed E-state index contributed by atoms with van der Waals surface area (Å²) in [5.41, 5.74) is 0.836. The maximum atomic E-state index is 10.1. The molecule has 0 fully saturated rings. The van der Waals surface area contributed by atoms with E-state index >= 15 is 0 Å². The Hall–Kier alpha value is -1.11. The Balaban J connectivity index is 2.61. The number of hydrogen-bond donors (Lipinski definition) is 0. The van der Waals surface area contributed by atoms with Crippen molar-refractivity contribution in [1.82, 2.24) is 0 Å². The van der Waals surface area contributed by atoms with Crippen LogP contribution in [-0.4, -0.2) is 14.5 Å². The molecule has 0 saturated carbocycles. The molecule has 1 aromatic carbocycles. The molecule has 1 atom stereocenters. The van der Waals surface area contributed by atoms with Crippen LogP contribution in [0, 0.1) is 11.8 Å². The third-order valence-electron chi connectivity index (χ3n) is 1.20. The summed E-state index contributed by atoms with van der Waals surface area (Å²) in [6, 6.07) is 9.27. The van der Waals surface area contributed by atoms with Crippen molar-refractivity contribution in [3.8, 4) is 11.8 Å². The molecule has 3 heteroatoms. The van der Waals surface area contributed by atoms with Crippen LogP contribution in [0.1, 0.15) is 5.56 Å². The standard InChI is InChI=1S/C9H8O2S/c10-12(11)8-4-7-9-5-2-1-3-6-9/h1-3,5-6H,8H2,(H,10,11)/p-1. The van der Waals surface area contributed by atoms with Gasteiger partial charge in [-0.2, -0.15) is 0 Å². The average Bonchev–Trinajstić information content (AvgIpc) is 2.05. The topological polar surface area (TPSA) is 40.1 Å². The molecule has 12 heavy (non-hydrogen) atoms. The van der Waals surface area contributed by atoms with Crippen LogP contribution < -0.4 is 0 Å². The van der Waals surface area contributed by atoms with Crippen LogP contribution in [0.4, 0.5) is 0 Å². The largest absolute Gasteiger partial charge is 0.772 e. The molecule has 0 aliphatic rings. The van der Waals surface area contributed by atoms with Crippen LogP contribution in [0.15, 0.2) is 30.3 Å². The Labute approximate surface area is 73.9 Å². The molecule has 62 valence electrons. The Bertz CT molecular complexity index is 321. The van der Waals surface area contributed by atoms with E-state index in [9.17, 15) is 8.76 Å². The maximum Gasteiger partial charge on any atom is 0.0719 e. The number of rotatable bonds is 1. The minimum absolute atomic E-state index is 0.102. The van der Waals surface area contributed by atoms with Crippen LogP contribution in [0.3, 0.4) is 0 Å². The monoisotopic (exact) mass is 179 g/mol. The molecule has 0 heterocycles. The van der Waals surface area contributed by atoms with Crippen LogP contribution in [0.2, 0.25) is 0 Å². The maximum absolute atomic E-state index is 10.1. The van der Waals surface area contributed by atoms with E-state index in [0.717, 1.165) is 5.56 Å². The van der Waals surface area contributed by atoms with Crippen molar-refractivity contribution in [2.45, 2.75) is 0 Å². The summed E-state index contributed by atoms with van der Waals surface area (Å²) in [6.45, 7) is 0. The lowest BCUT2D eigenvalue weighted by atomic mass is 10.2. The summed E-state index contributed by atoms with van der Waals surface area (Å²) >= 11 is -2.06. The van der Waals surface area contributed by atoms with Crippen molar-refractivity contribution in [2.24, 2.45) is 0 Å². The van der Waals surface area contributed by atoms with Gasteiger partial charge in [-0.1, -0.05) is 30.0 Å². The highest BCUT2D eigenvalue weighted by atomic mass is 32.2. The summed E-state index contributed by atoms with van der Waals surface area (Å²) in [5.74, 6) is 5.17. The fourth-order valence-corrected chi connectivity index (χ4v) is 0.909. The van der Waals surface area contributed by atoms with Gasteiger partial charge in [0.1, 0.15) is 0 Å². The van der Waals surface area contributed by atoms with E-state index in [0.29, 0.717) is 0 Å². The highest BCUT2D eigenvalue weighted by Gasteiger charge is 1.80. The zero-order chi connectivity index (χ0) is 8.81. The molecule has 0 aromatic heterocycles. The molecule has 0 N–H and O–H groups in total. The van der Waals surface area contributed by atoms with Crippen LogP contribution in [-0.2, 0) is 11.1 Å². The first kappa shape index (κ1) is 8.98. The van der Waals surface area contributed by atoms with E-state index in [1.165, 1.54) is 0 Å². The molecule has 0 radical (unpaired) electrons. The molecule has 0 aliphatic carbocycles. The zero-order valence-electron chi connectivity index (χ0n) is 6.32. The molecule has 2 nitrogen and oxygen atoms in total. The predicted octanol–water partition coefficient (Wildman–Crippen LogP) is 0.917. The predicted molar refractivity (Wildman–Crippen MR) is 47.1 cm³/mol. The first-order valence-corrected chi connectivity index (χ1v) is 4.63. The van der Waals surface area contributed by atoms with Gasteiger partial charge in [0, 0.05) is 5.56 Å². The minimum Gasteiger partial charge on any atom is -0.772 e. The SMILES string of the molecule is O=S([O-])CC#Cc1ccccc1. The number of benzene rings is 1. The first-order valence-electron chi connectivity index (χ1n) is 3.39. The second kappa shape index (κ2) is 4.70. The Morgan fingerprint density at radius 3 is 2.58 bits per heavy atom. The smallest absolute Gasteiger partial charge is 0.0719 e. The molecule has 1 rings (SSSR count). The van der Waals surface area contributed by atoms with Gasteiger partial charge in [-0.25, -0.2) is 0 Å². The summed E-state index contributed by atoms with van der Waals surface area (Å²) in [4.78, 5) is 0. The molecular weight excluding hydrogens is 172 g/mol. The Morgan fingerprint density at radius 2 is 2.00 bits per heavy atom. The van der Waals surface area contributed by atoms with Crippen molar-refractivity contribution in [1.29, 1.82) is 0 Å². The summed E-state index contributed by atoms with van der Waals surface area (Å²) in [6.07, 6.45) is 0. The van der Waals surface area contributed by atoms with Gasteiger partial charge in [-0.05, 0) is 23.2 Å². The second-order valence-electron chi connectivity index (χ2n) is 2.12. The van der Waals surface area contributed by atoms with Crippen molar-refractivity contribution in [3.05, 3.63) is 35.9 Å². The molecule has 0 saturated heterocycles. The highest BCUT2D eigenvalue weighted by Crippen LogP contribution is 1.94. The van der Waals surface area contributed by atoms with E-state index in [1.807, 2.05) is 30.3 Å². The van der Waals surface area contributed by atoms with Crippen LogP contribution in [0.25, 0.3) is 0 Å². The fourth-order valence-electron chi connectivity index (χ4n) is 0.719. The van der Waals surface area contributed by atoms with Gasteiger partial charge >= 0.3 is 0 Å². The fraction of sp³-hybridized carbons (Fsp3) is 0.111. The van der Waals surface area contributed by atoms with Gasteiger partial charge in [0.05, 0.1) is 5.75 Å². The lowest BCUT2D eigenvalue weighted by molar-refractivity contribution is 0.540. The molecule has 0 amide bonds. The lowest BCUT2D eigenvalue weighted by Gasteiger charge is -1.94. The molecule has 0 aliphatic heterocycles. The molecular formula is C9H7O2S-. The third-order valence-corrected chi connectivity index (χ3v) is 1.58. The van der Waals surface area contributed by atoms with Crippen molar-refractivity contribution in [3.63, 3.8) is 0 Å². The Morgan fingerprint density at radius 1 is 1.33 bits per heavy atom. The van der Waals surface area contributed by atoms with E-state index in [2.05, 4.69) is 11.8 Å². The van der Waals surface area contributed by atoms with Gasteiger partial charge in [0.25, 0.3) is 0 Å². The van der Waals surface area contributed by atoms with Crippen LogP contribution >= 0.6 is 0 Å². The lowest BCUT2D eigenvalue weighted by Crippen LogP contribution is -1.90. The quantitative estimate of drug-likeness (QED) is 0.475. The second-order valence-corrected chi connectivity index (χ2v) is 3.01. The summed E-state index contributed by atoms with van der Waals surface area (Å²) < 4.78 is 20.2. The number of hydrogen-bond acceptors (Lipinski definition) is 2. The molecule has 0 bridgehead atoms. The van der Waals surface area contributed by atoms with Gasteiger partial charge < -0.3 is 4.55 Å². The van der Waals surface area contributed by atoms with Crippen molar-refractivity contribution >= 4 is 11.1 Å². The van der Waals surface area contributed by atoms with E-state index in [-0.39, 0.29) is 5.75 Å². The highest BCUT2D eigenvalue weighted by molar-refractivity contribution is 7.79. The van der Waals surface area contributed by atoms with Gasteiger partial charge in [0.15, 0.2) is 0 Å². The van der Waals surface area contributed by atoms with E-state index < -0.39 is 11.1 Å². The van der Waals surface area contributed by atoms with Crippen LogP contribution in [0.5, 0.6) is 0 Å². The first-order chi connectivity index (χ1) is 5.79. The summed E-state index contributed by atoms with van der Waals surface area (Å²) in [7, 11) is 0. The van der Waals surface area contributed by atoms with E-state index in [1.54, 1.807) is 0 Å². The average molecular weight is 179 g/mol. The molecule has 1 unspecified atom stereocenters.